The standard InChI is InChI=1S/C18H17BrClNO2/c1-3-23-17-8-6-14(19)10-13(17)5-9-18(22)21-15-7-4-12(2)16(20)11-15/h4-11H,3H2,1-2H3,(H,21,22). The molecule has 2 aromatic carbocycles. The summed E-state index contributed by atoms with van der Waals surface area (Å²) in [7, 11) is 0. The number of nitrogens with one attached hydrogen (secondary N) is 1. The van der Waals surface area contributed by atoms with Crippen LogP contribution in [-0.4, -0.2) is 12.5 Å². The van der Waals surface area contributed by atoms with E-state index in [1.807, 2.05) is 44.2 Å². The highest BCUT2D eigenvalue weighted by Gasteiger charge is 2.04. The zero-order valence-electron chi connectivity index (χ0n) is 12.9. The van der Waals surface area contributed by atoms with Crippen molar-refractivity contribution in [3.05, 3.63) is 63.1 Å². The van der Waals surface area contributed by atoms with Crippen molar-refractivity contribution >= 4 is 45.2 Å². The van der Waals surface area contributed by atoms with Gasteiger partial charge in [-0.1, -0.05) is 33.6 Å². The second-order valence-electron chi connectivity index (χ2n) is 4.90. The minimum absolute atomic E-state index is 0.229. The van der Waals surface area contributed by atoms with E-state index in [1.54, 1.807) is 12.1 Å². The van der Waals surface area contributed by atoms with E-state index in [4.69, 9.17) is 16.3 Å². The quantitative estimate of drug-likeness (QED) is 0.684. The first-order valence-electron chi connectivity index (χ1n) is 7.17. The van der Waals surface area contributed by atoms with Gasteiger partial charge in [-0.2, -0.15) is 0 Å². The number of anilines is 1. The van der Waals surface area contributed by atoms with Gasteiger partial charge in [0.05, 0.1) is 6.61 Å². The summed E-state index contributed by atoms with van der Waals surface area (Å²) in [5.41, 5.74) is 2.46. The fourth-order valence-corrected chi connectivity index (χ4v) is 2.52. The molecule has 0 spiro atoms. The number of halogens is 2. The van der Waals surface area contributed by atoms with E-state index in [0.29, 0.717) is 17.3 Å². The molecule has 0 saturated heterocycles. The number of aryl methyl sites for hydroxylation is 1. The Balaban J connectivity index is 2.11. The van der Waals surface area contributed by atoms with Crippen LogP contribution in [0.3, 0.4) is 0 Å². The second-order valence-corrected chi connectivity index (χ2v) is 6.22. The van der Waals surface area contributed by atoms with Gasteiger partial charge in [0.25, 0.3) is 0 Å². The number of hydrogen-bond acceptors (Lipinski definition) is 2. The van der Waals surface area contributed by atoms with Gasteiger partial charge < -0.3 is 10.1 Å². The van der Waals surface area contributed by atoms with Gasteiger partial charge in [-0.25, -0.2) is 0 Å². The third-order valence-corrected chi connectivity index (χ3v) is 4.03. The minimum atomic E-state index is -0.229. The predicted molar refractivity (Wildman–Crippen MR) is 99.2 cm³/mol. The largest absolute Gasteiger partial charge is 0.493 e. The molecule has 2 rings (SSSR count). The Morgan fingerprint density at radius 1 is 1.30 bits per heavy atom. The molecule has 5 heteroatoms. The predicted octanol–water partition coefficient (Wildman–Crippen LogP) is 5.46. The smallest absolute Gasteiger partial charge is 0.248 e. The van der Waals surface area contributed by atoms with Crippen molar-refractivity contribution in [2.75, 3.05) is 11.9 Å². The topological polar surface area (TPSA) is 38.3 Å². The van der Waals surface area contributed by atoms with Crippen LogP contribution in [-0.2, 0) is 4.79 Å². The summed E-state index contributed by atoms with van der Waals surface area (Å²) in [5, 5.41) is 3.41. The zero-order valence-corrected chi connectivity index (χ0v) is 15.2. The Kier molecular flexibility index (Phi) is 6.25. The lowest BCUT2D eigenvalue weighted by Gasteiger charge is -2.08. The van der Waals surface area contributed by atoms with E-state index < -0.39 is 0 Å². The van der Waals surface area contributed by atoms with Crippen molar-refractivity contribution in [1.29, 1.82) is 0 Å². The first kappa shape index (κ1) is 17.6. The molecule has 2 aromatic rings. The molecule has 3 nitrogen and oxygen atoms in total. The SMILES string of the molecule is CCOc1ccc(Br)cc1C=CC(=O)Nc1ccc(C)c(Cl)c1. The maximum absolute atomic E-state index is 12.0. The number of amides is 1. The summed E-state index contributed by atoms with van der Waals surface area (Å²) >= 11 is 9.47. The van der Waals surface area contributed by atoms with Gasteiger partial charge in [0.15, 0.2) is 0 Å². The Morgan fingerprint density at radius 3 is 2.78 bits per heavy atom. The second kappa shape index (κ2) is 8.18. The van der Waals surface area contributed by atoms with Crippen LogP contribution in [0.5, 0.6) is 5.75 Å². The summed E-state index contributed by atoms with van der Waals surface area (Å²) in [6, 6.07) is 11.1. The van der Waals surface area contributed by atoms with Crippen LogP contribution in [0.25, 0.3) is 6.08 Å². The van der Waals surface area contributed by atoms with Crippen LogP contribution in [0, 0.1) is 6.92 Å². The van der Waals surface area contributed by atoms with E-state index in [-0.39, 0.29) is 5.91 Å². The lowest BCUT2D eigenvalue weighted by Crippen LogP contribution is -2.07. The molecule has 0 aliphatic heterocycles. The Hall–Kier alpha value is -1.78. The van der Waals surface area contributed by atoms with Crippen LogP contribution in [0.2, 0.25) is 5.02 Å². The zero-order chi connectivity index (χ0) is 16.8. The summed E-state index contributed by atoms with van der Waals surface area (Å²) in [6.07, 6.45) is 3.19. The van der Waals surface area contributed by atoms with Crippen molar-refractivity contribution in [2.24, 2.45) is 0 Å². The van der Waals surface area contributed by atoms with Crippen molar-refractivity contribution in [3.8, 4) is 5.75 Å². The van der Waals surface area contributed by atoms with Gasteiger partial charge in [-0.05, 0) is 55.8 Å². The summed E-state index contributed by atoms with van der Waals surface area (Å²) in [5.74, 6) is 0.505. The molecule has 0 unspecified atom stereocenters. The van der Waals surface area contributed by atoms with Crippen LogP contribution < -0.4 is 10.1 Å². The maximum atomic E-state index is 12.0. The molecule has 0 bridgehead atoms. The molecule has 120 valence electrons. The molecule has 0 fully saturated rings. The van der Waals surface area contributed by atoms with E-state index in [1.165, 1.54) is 6.08 Å². The number of hydrogen-bond donors (Lipinski definition) is 1. The van der Waals surface area contributed by atoms with Crippen molar-refractivity contribution in [1.82, 2.24) is 0 Å². The molecular formula is C18H17BrClNO2. The highest BCUT2D eigenvalue weighted by atomic mass is 79.9. The molecule has 0 radical (unpaired) electrons. The fraction of sp³-hybridized carbons (Fsp3) is 0.167. The lowest BCUT2D eigenvalue weighted by atomic mass is 10.2. The lowest BCUT2D eigenvalue weighted by molar-refractivity contribution is -0.111. The van der Waals surface area contributed by atoms with E-state index in [0.717, 1.165) is 21.3 Å². The molecule has 0 aliphatic rings. The van der Waals surface area contributed by atoms with Crippen LogP contribution in [0.4, 0.5) is 5.69 Å². The van der Waals surface area contributed by atoms with Crippen molar-refractivity contribution in [2.45, 2.75) is 13.8 Å². The Morgan fingerprint density at radius 2 is 2.09 bits per heavy atom. The normalized spacial score (nSPS) is 10.8. The van der Waals surface area contributed by atoms with Crippen molar-refractivity contribution in [3.63, 3.8) is 0 Å². The number of benzene rings is 2. The molecule has 1 N–H and O–H groups in total. The average Bonchev–Trinajstić information content (AvgIpc) is 2.51. The molecule has 0 atom stereocenters. The first-order valence-corrected chi connectivity index (χ1v) is 8.34. The van der Waals surface area contributed by atoms with Gasteiger partial charge in [0.2, 0.25) is 5.91 Å². The summed E-state index contributed by atoms with van der Waals surface area (Å²) < 4.78 is 6.47. The Bertz CT molecular complexity index is 744. The molecule has 23 heavy (non-hydrogen) atoms. The number of carbonyl (C=O) groups excluding carboxylic acids is 1. The minimum Gasteiger partial charge on any atom is -0.493 e. The molecule has 0 saturated carbocycles. The highest BCUT2D eigenvalue weighted by molar-refractivity contribution is 9.10. The van der Waals surface area contributed by atoms with Gasteiger partial charge >= 0.3 is 0 Å². The van der Waals surface area contributed by atoms with Crippen LogP contribution in [0.1, 0.15) is 18.1 Å². The van der Waals surface area contributed by atoms with E-state index >= 15 is 0 Å². The van der Waals surface area contributed by atoms with Gasteiger partial charge in [0, 0.05) is 26.8 Å². The van der Waals surface area contributed by atoms with E-state index in [9.17, 15) is 4.79 Å². The first-order chi connectivity index (χ1) is 11.0. The monoisotopic (exact) mass is 393 g/mol. The van der Waals surface area contributed by atoms with Gasteiger partial charge in [0.1, 0.15) is 5.75 Å². The molecule has 0 aliphatic carbocycles. The molecule has 1 amide bonds. The van der Waals surface area contributed by atoms with Gasteiger partial charge in [-0.3, -0.25) is 4.79 Å². The maximum Gasteiger partial charge on any atom is 0.248 e. The fourth-order valence-electron chi connectivity index (χ4n) is 1.96. The highest BCUT2D eigenvalue weighted by Crippen LogP contribution is 2.25. The molecule has 0 heterocycles. The van der Waals surface area contributed by atoms with Crippen LogP contribution in [0.15, 0.2) is 46.9 Å². The summed E-state index contributed by atoms with van der Waals surface area (Å²) in [4.78, 5) is 12.0. The number of rotatable bonds is 5. The van der Waals surface area contributed by atoms with E-state index in [2.05, 4.69) is 21.2 Å². The average molecular weight is 395 g/mol. The van der Waals surface area contributed by atoms with Crippen LogP contribution >= 0.6 is 27.5 Å². The summed E-state index contributed by atoms with van der Waals surface area (Å²) in [6.45, 7) is 4.40. The Labute approximate surface area is 149 Å². The molecular weight excluding hydrogens is 378 g/mol. The number of ether oxygens (including phenoxy) is 1. The number of carbonyl (C=O) groups is 1. The molecule has 0 aromatic heterocycles. The van der Waals surface area contributed by atoms with Crippen molar-refractivity contribution < 1.29 is 9.53 Å². The third kappa shape index (κ3) is 5.12. The van der Waals surface area contributed by atoms with Gasteiger partial charge in [-0.15, -0.1) is 0 Å². The third-order valence-electron chi connectivity index (χ3n) is 3.13.